The minimum absolute atomic E-state index is 0.125. The van der Waals surface area contributed by atoms with E-state index in [0.29, 0.717) is 11.4 Å². The monoisotopic (exact) mass is 288 g/mol. The fourth-order valence-electron chi connectivity index (χ4n) is 1.95. The number of hydrogen-bond donors (Lipinski definition) is 3. The lowest BCUT2D eigenvalue weighted by Gasteiger charge is -2.08. The van der Waals surface area contributed by atoms with E-state index in [4.69, 9.17) is 4.74 Å². The van der Waals surface area contributed by atoms with Crippen LogP contribution in [0.3, 0.4) is 0 Å². The number of nitrogens with one attached hydrogen (secondary N) is 2. The SMILES string of the molecule is CCOC(=O)c1c(NC(=O)c2ccccc2O)c[nH]c1C. The van der Waals surface area contributed by atoms with Crippen molar-refractivity contribution in [2.75, 3.05) is 11.9 Å². The van der Waals surface area contributed by atoms with E-state index in [-0.39, 0.29) is 23.5 Å². The highest BCUT2D eigenvalue weighted by atomic mass is 16.5. The maximum Gasteiger partial charge on any atom is 0.342 e. The van der Waals surface area contributed by atoms with Crippen LogP contribution in [-0.4, -0.2) is 28.6 Å². The van der Waals surface area contributed by atoms with Gasteiger partial charge in [0.25, 0.3) is 5.91 Å². The Morgan fingerprint density at radius 1 is 1.33 bits per heavy atom. The minimum atomic E-state index is -0.510. The van der Waals surface area contributed by atoms with E-state index in [1.165, 1.54) is 18.3 Å². The molecule has 0 bridgehead atoms. The largest absolute Gasteiger partial charge is 0.507 e. The molecule has 0 spiro atoms. The number of ether oxygens (including phenoxy) is 1. The summed E-state index contributed by atoms with van der Waals surface area (Å²) in [6.45, 7) is 3.67. The minimum Gasteiger partial charge on any atom is -0.507 e. The average molecular weight is 288 g/mol. The number of H-pyrrole nitrogens is 1. The Kier molecular flexibility index (Phi) is 4.27. The second-order valence-electron chi connectivity index (χ2n) is 4.39. The molecular weight excluding hydrogens is 272 g/mol. The molecule has 1 aromatic heterocycles. The third kappa shape index (κ3) is 3.05. The Morgan fingerprint density at radius 3 is 2.71 bits per heavy atom. The second kappa shape index (κ2) is 6.13. The summed E-state index contributed by atoms with van der Waals surface area (Å²) in [7, 11) is 0. The number of rotatable bonds is 4. The van der Waals surface area contributed by atoms with E-state index in [1.54, 1.807) is 26.0 Å². The Hall–Kier alpha value is -2.76. The van der Waals surface area contributed by atoms with Crippen molar-refractivity contribution in [3.63, 3.8) is 0 Å². The first-order valence-electron chi connectivity index (χ1n) is 6.49. The molecule has 0 saturated heterocycles. The number of aromatic amines is 1. The molecule has 0 atom stereocenters. The van der Waals surface area contributed by atoms with E-state index in [0.717, 1.165) is 0 Å². The van der Waals surface area contributed by atoms with Crippen molar-refractivity contribution in [3.05, 3.63) is 47.3 Å². The summed E-state index contributed by atoms with van der Waals surface area (Å²) in [6, 6.07) is 6.18. The smallest absolute Gasteiger partial charge is 0.342 e. The van der Waals surface area contributed by atoms with Gasteiger partial charge in [-0.25, -0.2) is 4.79 Å². The van der Waals surface area contributed by atoms with Gasteiger partial charge in [-0.15, -0.1) is 0 Å². The van der Waals surface area contributed by atoms with Crippen LogP contribution < -0.4 is 5.32 Å². The number of carbonyl (C=O) groups excluding carboxylic acids is 2. The molecular formula is C15H16N2O4. The van der Waals surface area contributed by atoms with Crippen LogP contribution in [0.15, 0.2) is 30.5 Å². The topological polar surface area (TPSA) is 91.4 Å². The zero-order valence-corrected chi connectivity index (χ0v) is 11.8. The van der Waals surface area contributed by atoms with Crippen molar-refractivity contribution in [1.82, 2.24) is 4.98 Å². The van der Waals surface area contributed by atoms with Gasteiger partial charge in [-0.3, -0.25) is 4.79 Å². The maximum absolute atomic E-state index is 12.1. The molecule has 1 aromatic carbocycles. The summed E-state index contributed by atoms with van der Waals surface area (Å²) in [5, 5.41) is 12.3. The molecule has 0 radical (unpaired) electrons. The highest BCUT2D eigenvalue weighted by Gasteiger charge is 2.20. The summed E-state index contributed by atoms with van der Waals surface area (Å²) < 4.78 is 4.96. The summed E-state index contributed by atoms with van der Waals surface area (Å²) in [5.74, 6) is -1.14. The molecule has 21 heavy (non-hydrogen) atoms. The van der Waals surface area contributed by atoms with Gasteiger partial charge in [-0.05, 0) is 26.0 Å². The molecule has 0 aliphatic heterocycles. The van der Waals surface area contributed by atoms with Crippen molar-refractivity contribution >= 4 is 17.6 Å². The first kappa shape index (κ1) is 14.6. The lowest BCUT2D eigenvalue weighted by atomic mass is 10.1. The van der Waals surface area contributed by atoms with Crippen LogP contribution in [0.1, 0.15) is 33.3 Å². The second-order valence-corrected chi connectivity index (χ2v) is 4.39. The van der Waals surface area contributed by atoms with Gasteiger partial charge in [-0.1, -0.05) is 12.1 Å². The quantitative estimate of drug-likeness (QED) is 0.754. The van der Waals surface area contributed by atoms with Crippen LogP contribution in [0.4, 0.5) is 5.69 Å². The number of hydrogen-bond acceptors (Lipinski definition) is 4. The number of aryl methyl sites for hydroxylation is 1. The van der Waals surface area contributed by atoms with Crippen molar-refractivity contribution in [1.29, 1.82) is 0 Å². The number of amides is 1. The number of esters is 1. The average Bonchev–Trinajstić information content (AvgIpc) is 2.80. The number of benzene rings is 1. The Labute approximate surface area is 121 Å². The number of anilines is 1. The molecule has 0 fully saturated rings. The zero-order chi connectivity index (χ0) is 15.4. The fourth-order valence-corrected chi connectivity index (χ4v) is 1.95. The molecule has 110 valence electrons. The number of phenolic OH excluding ortho intramolecular Hbond substituents is 1. The number of phenols is 1. The third-order valence-electron chi connectivity index (χ3n) is 2.95. The molecule has 0 unspecified atom stereocenters. The van der Waals surface area contributed by atoms with Crippen LogP contribution in [0, 0.1) is 6.92 Å². The van der Waals surface area contributed by atoms with E-state index in [9.17, 15) is 14.7 Å². The highest BCUT2D eigenvalue weighted by Crippen LogP contribution is 2.23. The van der Waals surface area contributed by atoms with Crippen LogP contribution in [-0.2, 0) is 4.74 Å². The molecule has 2 aromatic rings. The number of aromatic hydroxyl groups is 1. The molecule has 0 saturated carbocycles. The molecule has 0 aliphatic carbocycles. The van der Waals surface area contributed by atoms with Gasteiger partial charge >= 0.3 is 5.97 Å². The van der Waals surface area contributed by atoms with E-state index >= 15 is 0 Å². The van der Waals surface area contributed by atoms with Crippen molar-refractivity contribution in [2.45, 2.75) is 13.8 Å². The zero-order valence-electron chi connectivity index (χ0n) is 11.8. The maximum atomic E-state index is 12.1. The molecule has 1 amide bonds. The summed E-state index contributed by atoms with van der Waals surface area (Å²) in [6.07, 6.45) is 1.51. The molecule has 1 heterocycles. The van der Waals surface area contributed by atoms with Crippen molar-refractivity contribution < 1.29 is 19.4 Å². The van der Waals surface area contributed by atoms with E-state index in [1.807, 2.05) is 0 Å². The summed E-state index contributed by atoms with van der Waals surface area (Å²) >= 11 is 0. The van der Waals surface area contributed by atoms with Gasteiger partial charge in [0, 0.05) is 11.9 Å². The molecule has 0 aliphatic rings. The first-order chi connectivity index (χ1) is 10.0. The normalized spacial score (nSPS) is 10.2. The first-order valence-corrected chi connectivity index (χ1v) is 6.49. The van der Waals surface area contributed by atoms with Gasteiger partial charge in [-0.2, -0.15) is 0 Å². The van der Waals surface area contributed by atoms with Crippen LogP contribution in [0.5, 0.6) is 5.75 Å². The standard InChI is InChI=1S/C15H16N2O4/c1-3-21-15(20)13-9(2)16-8-11(13)17-14(19)10-6-4-5-7-12(10)18/h4-8,16,18H,3H2,1-2H3,(H,17,19). The van der Waals surface area contributed by atoms with Crippen molar-refractivity contribution in [3.8, 4) is 5.75 Å². The molecule has 6 heteroatoms. The van der Waals surface area contributed by atoms with Crippen LogP contribution in [0.2, 0.25) is 0 Å². The highest BCUT2D eigenvalue weighted by molar-refractivity contribution is 6.09. The van der Waals surface area contributed by atoms with E-state index in [2.05, 4.69) is 10.3 Å². The summed E-state index contributed by atoms with van der Waals surface area (Å²) in [5.41, 5.74) is 1.33. The predicted molar refractivity (Wildman–Crippen MR) is 77.5 cm³/mol. The lowest BCUT2D eigenvalue weighted by molar-refractivity contribution is 0.0527. The van der Waals surface area contributed by atoms with Crippen molar-refractivity contribution in [2.24, 2.45) is 0 Å². The Morgan fingerprint density at radius 2 is 2.05 bits per heavy atom. The number of para-hydroxylation sites is 1. The fraction of sp³-hybridized carbons (Fsp3) is 0.200. The van der Waals surface area contributed by atoms with Gasteiger partial charge < -0.3 is 20.1 Å². The van der Waals surface area contributed by atoms with Crippen LogP contribution >= 0.6 is 0 Å². The number of carbonyl (C=O) groups is 2. The molecule has 3 N–H and O–H groups in total. The van der Waals surface area contributed by atoms with Crippen LogP contribution in [0.25, 0.3) is 0 Å². The third-order valence-corrected chi connectivity index (χ3v) is 2.95. The molecule has 2 rings (SSSR count). The van der Waals surface area contributed by atoms with Gasteiger partial charge in [0.05, 0.1) is 17.9 Å². The molecule has 6 nitrogen and oxygen atoms in total. The van der Waals surface area contributed by atoms with E-state index < -0.39 is 11.9 Å². The van der Waals surface area contributed by atoms with Gasteiger partial charge in [0.1, 0.15) is 11.3 Å². The lowest BCUT2D eigenvalue weighted by Crippen LogP contribution is -2.15. The van der Waals surface area contributed by atoms with Gasteiger partial charge in [0.15, 0.2) is 0 Å². The number of aromatic nitrogens is 1. The summed E-state index contributed by atoms with van der Waals surface area (Å²) in [4.78, 5) is 26.9. The van der Waals surface area contributed by atoms with Gasteiger partial charge in [0.2, 0.25) is 0 Å². The predicted octanol–water partition coefficient (Wildman–Crippen LogP) is 2.46. The Bertz CT molecular complexity index is 676. The Balaban J connectivity index is 2.27.